The van der Waals surface area contributed by atoms with Gasteiger partial charge in [-0.05, 0) is 78.8 Å². The molecule has 8 nitrogen and oxygen atoms in total. The minimum Gasteiger partial charge on any atom is -0.344 e. The van der Waals surface area contributed by atoms with Crippen LogP contribution in [0.5, 0.6) is 0 Å². The molecule has 0 unspecified atom stereocenters. The number of benzene rings is 3. The highest BCUT2D eigenvalue weighted by Crippen LogP contribution is 2.36. The maximum Gasteiger partial charge on any atom is 0.246 e. The lowest BCUT2D eigenvalue weighted by molar-refractivity contribution is -0.141. The molecule has 7 rings (SSSR count). The number of rotatable bonds is 6. The van der Waals surface area contributed by atoms with Crippen LogP contribution in [0.4, 0.5) is 0 Å². The lowest BCUT2D eigenvalue weighted by Gasteiger charge is -2.37. The second kappa shape index (κ2) is 11.1. The number of piperidine rings is 1. The van der Waals surface area contributed by atoms with Crippen molar-refractivity contribution >= 4 is 44.7 Å². The van der Waals surface area contributed by atoms with Gasteiger partial charge in [-0.3, -0.25) is 9.59 Å². The van der Waals surface area contributed by atoms with Gasteiger partial charge in [0.25, 0.3) is 0 Å². The molecule has 8 heteroatoms. The van der Waals surface area contributed by atoms with Crippen molar-refractivity contribution in [2.24, 2.45) is 5.92 Å². The molecule has 43 heavy (non-hydrogen) atoms. The molecule has 0 radical (unpaired) electrons. The Kier molecular flexibility index (Phi) is 7.15. The first-order valence-corrected chi connectivity index (χ1v) is 15.9. The second-order valence-corrected chi connectivity index (χ2v) is 12.8. The van der Waals surface area contributed by atoms with Crippen LogP contribution in [0.2, 0.25) is 0 Å². The summed E-state index contributed by atoms with van der Waals surface area (Å²) in [4.78, 5) is 44.5. The topological polar surface area (TPSA) is 107 Å². The maximum atomic E-state index is 13.6. The number of likely N-dealkylation sites (tertiary alicyclic amines) is 1. The Morgan fingerprint density at radius 3 is 2.40 bits per heavy atom. The van der Waals surface area contributed by atoms with E-state index in [1.54, 1.807) is 0 Å². The molecule has 2 fully saturated rings. The van der Waals surface area contributed by atoms with Gasteiger partial charge in [0, 0.05) is 24.8 Å². The third kappa shape index (κ3) is 5.17. The van der Waals surface area contributed by atoms with Crippen LogP contribution in [-0.4, -0.2) is 49.2 Å². The Hall–Kier alpha value is -4.20. The Labute approximate surface area is 251 Å². The SMILES string of the molecule is CC(=O)N[C@H](C(=O)N1CCCC[C@H]1c1nc2ccc(-c3ccc4c(ccc5[nH]c(C6CCCC6)nc54)c3)cc2[nH]1)C(C)C. The van der Waals surface area contributed by atoms with E-state index in [1.165, 1.54) is 43.4 Å². The molecule has 1 aliphatic carbocycles. The van der Waals surface area contributed by atoms with Crippen molar-refractivity contribution in [1.82, 2.24) is 30.2 Å². The highest BCUT2D eigenvalue weighted by atomic mass is 16.2. The molecule has 2 aliphatic rings. The van der Waals surface area contributed by atoms with Gasteiger partial charge in [-0.1, -0.05) is 51.0 Å². The lowest BCUT2D eigenvalue weighted by Crippen LogP contribution is -2.52. The number of aromatic amines is 2. The van der Waals surface area contributed by atoms with E-state index in [9.17, 15) is 9.59 Å². The first kappa shape index (κ1) is 27.6. The Morgan fingerprint density at radius 1 is 0.860 bits per heavy atom. The molecule has 222 valence electrons. The van der Waals surface area contributed by atoms with E-state index < -0.39 is 6.04 Å². The fourth-order valence-corrected chi connectivity index (χ4v) is 7.15. The molecule has 1 saturated carbocycles. The van der Waals surface area contributed by atoms with Crippen LogP contribution in [0.25, 0.3) is 44.0 Å². The van der Waals surface area contributed by atoms with Crippen LogP contribution in [0.15, 0.2) is 48.5 Å². The molecule has 5 aromatic rings. The van der Waals surface area contributed by atoms with Gasteiger partial charge in [-0.15, -0.1) is 0 Å². The van der Waals surface area contributed by atoms with E-state index in [-0.39, 0.29) is 23.8 Å². The first-order valence-electron chi connectivity index (χ1n) is 15.9. The highest BCUT2D eigenvalue weighted by molar-refractivity contribution is 6.05. The lowest BCUT2D eigenvalue weighted by atomic mass is 9.97. The molecule has 1 saturated heterocycles. The van der Waals surface area contributed by atoms with Crippen molar-refractivity contribution in [1.29, 1.82) is 0 Å². The number of nitrogens with zero attached hydrogens (tertiary/aromatic N) is 3. The van der Waals surface area contributed by atoms with E-state index >= 15 is 0 Å². The van der Waals surface area contributed by atoms with Crippen LogP contribution in [0, 0.1) is 5.92 Å². The van der Waals surface area contributed by atoms with Gasteiger partial charge in [-0.2, -0.15) is 0 Å². The van der Waals surface area contributed by atoms with Gasteiger partial charge in [0.1, 0.15) is 17.7 Å². The fraction of sp³-hybridized carbons (Fsp3) is 0.429. The van der Waals surface area contributed by atoms with E-state index in [0.29, 0.717) is 12.5 Å². The average Bonchev–Trinajstić information content (AvgIpc) is 3.78. The van der Waals surface area contributed by atoms with Crippen LogP contribution >= 0.6 is 0 Å². The third-order valence-corrected chi connectivity index (χ3v) is 9.45. The molecule has 2 aromatic heterocycles. The van der Waals surface area contributed by atoms with Gasteiger partial charge < -0.3 is 20.2 Å². The zero-order chi connectivity index (χ0) is 29.7. The van der Waals surface area contributed by atoms with Crippen LogP contribution in [0.1, 0.15) is 89.3 Å². The van der Waals surface area contributed by atoms with E-state index in [2.05, 4.69) is 63.8 Å². The number of hydrogen-bond acceptors (Lipinski definition) is 4. The zero-order valence-electron chi connectivity index (χ0n) is 25.2. The van der Waals surface area contributed by atoms with E-state index in [0.717, 1.165) is 64.1 Å². The summed E-state index contributed by atoms with van der Waals surface area (Å²) in [6.07, 6.45) is 7.87. The summed E-state index contributed by atoms with van der Waals surface area (Å²) in [6.45, 7) is 6.07. The molecule has 0 spiro atoms. The fourth-order valence-electron chi connectivity index (χ4n) is 7.15. The van der Waals surface area contributed by atoms with Gasteiger partial charge in [0.05, 0.1) is 28.1 Å². The highest BCUT2D eigenvalue weighted by Gasteiger charge is 2.35. The Balaban J connectivity index is 1.18. The molecule has 3 heterocycles. The average molecular weight is 577 g/mol. The second-order valence-electron chi connectivity index (χ2n) is 12.8. The molecule has 2 amide bonds. The number of hydrogen-bond donors (Lipinski definition) is 3. The number of H-pyrrole nitrogens is 2. The van der Waals surface area contributed by atoms with Crippen molar-refractivity contribution < 1.29 is 9.59 Å². The van der Waals surface area contributed by atoms with Crippen LogP contribution in [-0.2, 0) is 9.59 Å². The summed E-state index contributed by atoms with van der Waals surface area (Å²) in [6, 6.07) is 16.6. The maximum absolute atomic E-state index is 13.6. The molecular formula is C35H40N6O2. The van der Waals surface area contributed by atoms with Crippen molar-refractivity contribution in [2.45, 2.75) is 83.7 Å². The summed E-state index contributed by atoms with van der Waals surface area (Å²) < 4.78 is 0. The summed E-state index contributed by atoms with van der Waals surface area (Å²) in [7, 11) is 0. The number of fused-ring (bicyclic) bond motifs is 4. The summed E-state index contributed by atoms with van der Waals surface area (Å²) >= 11 is 0. The first-order chi connectivity index (χ1) is 20.9. The zero-order valence-corrected chi connectivity index (χ0v) is 25.2. The monoisotopic (exact) mass is 576 g/mol. The molecule has 3 aromatic carbocycles. The molecule has 1 aliphatic heterocycles. The van der Waals surface area contributed by atoms with E-state index in [4.69, 9.17) is 9.97 Å². The van der Waals surface area contributed by atoms with Crippen LogP contribution in [0.3, 0.4) is 0 Å². The normalized spacial score (nSPS) is 18.7. The molecule has 3 N–H and O–H groups in total. The van der Waals surface area contributed by atoms with E-state index in [1.807, 2.05) is 18.7 Å². The Bertz CT molecular complexity index is 1830. The van der Waals surface area contributed by atoms with Crippen molar-refractivity contribution in [3.05, 3.63) is 60.2 Å². The van der Waals surface area contributed by atoms with Gasteiger partial charge in [0.15, 0.2) is 0 Å². The molecular weight excluding hydrogens is 536 g/mol. The van der Waals surface area contributed by atoms with Gasteiger partial charge >= 0.3 is 0 Å². The third-order valence-electron chi connectivity index (χ3n) is 9.45. The largest absolute Gasteiger partial charge is 0.344 e. The number of amides is 2. The minimum absolute atomic E-state index is 0.00219. The van der Waals surface area contributed by atoms with Crippen molar-refractivity contribution in [2.75, 3.05) is 6.54 Å². The van der Waals surface area contributed by atoms with Crippen molar-refractivity contribution in [3.63, 3.8) is 0 Å². The number of carbonyl (C=O) groups excluding carboxylic acids is 2. The predicted molar refractivity (Wildman–Crippen MR) is 171 cm³/mol. The number of nitrogens with one attached hydrogen (secondary N) is 3. The molecule has 0 bridgehead atoms. The molecule has 2 atom stereocenters. The minimum atomic E-state index is -0.543. The van der Waals surface area contributed by atoms with Crippen molar-refractivity contribution in [3.8, 4) is 11.1 Å². The van der Waals surface area contributed by atoms with Gasteiger partial charge in [0.2, 0.25) is 11.8 Å². The Morgan fingerprint density at radius 2 is 1.60 bits per heavy atom. The number of aromatic nitrogens is 4. The quantitative estimate of drug-likeness (QED) is 0.200. The van der Waals surface area contributed by atoms with Gasteiger partial charge in [-0.25, -0.2) is 9.97 Å². The predicted octanol–water partition coefficient (Wildman–Crippen LogP) is 7.13. The standard InChI is InChI=1S/C35H40N6O2/c1-20(2)31(36-21(3)42)35(43)41-17-7-6-10-30(41)34-37-27-15-12-24(19-29(27)39-34)23-11-14-26-25(18-23)13-16-28-32(26)40-33(38-28)22-8-4-5-9-22/h11-16,18-20,22,30-31H,4-10,17H2,1-3H3,(H,36,42)(H,37,39)(H,38,40)/t30-,31-/m0/s1. The number of carbonyl (C=O) groups is 2. The summed E-state index contributed by atoms with van der Waals surface area (Å²) in [5.41, 5.74) is 6.26. The van der Waals surface area contributed by atoms with Crippen LogP contribution < -0.4 is 5.32 Å². The number of imidazole rings is 2. The summed E-state index contributed by atoms with van der Waals surface area (Å²) in [5.74, 6) is 2.28. The summed E-state index contributed by atoms with van der Waals surface area (Å²) in [5, 5.41) is 5.22. The smallest absolute Gasteiger partial charge is 0.246 e.